The van der Waals surface area contributed by atoms with Gasteiger partial charge in [0, 0.05) is 0 Å². The maximum absolute atomic E-state index is 3.75. The number of hydrogen-bond donors (Lipinski definition) is 0. The van der Waals surface area contributed by atoms with Gasteiger partial charge in [-0.05, 0) is 0 Å². The average Bonchev–Trinajstić information content (AvgIpc) is 1.75. The molecule has 0 heterocycles. The van der Waals surface area contributed by atoms with Crippen molar-refractivity contribution >= 4 is 0 Å². The van der Waals surface area contributed by atoms with Gasteiger partial charge in [-0.15, -0.1) is 0 Å². The molecule has 0 nitrogen and oxygen atoms in total. The Balaban J connectivity index is 0.000000160. The van der Waals surface area contributed by atoms with Gasteiger partial charge in [-0.2, -0.15) is 5.92 Å². The molecule has 0 bridgehead atoms. The standard InChI is InChI=1S/C4H7.Li/c1-4-2-3-4;/h4H,1-3H2;/q-1;+1. The van der Waals surface area contributed by atoms with Crippen molar-refractivity contribution in [2.24, 2.45) is 5.92 Å². The molecule has 0 aromatic rings. The van der Waals surface area contributed by atoms with Crippen LogP contribution in [0.25, 0.3) is 0 Å². The summed E-state index contributed by atoms with van der Waals surface area (Å²) in [6, 6.07) is 0. The summed E-state index contributed by atoms with van der Waals surface area (Å²) in [6.07, 6.45) is 2.75. The second-order valence-electron chi connectivity index (χ2n) is 1.44. The fraction of sp³-hybridized carbons (Fsp3) is 0.750. The molecule has 0 saturated heterocycles. The summed E-state index contributed by atoms with van der Waals surface area (Å²) in [4.78, 5) is 0. The Hall–Kier alpha value is 0.597. The molecule has 0 radical (unpaired) electrons. The van der Waals surface area contributed by atoms with Crippen molar-refractivity contribution in [3.63, 3.8) is 0 Å². The van der Waals surface area contributed by atoms with E-state index >= 15 is 0 Å². The third-order valence-electron chi connectivity index (χ3n) is 0.697. The second kappa shape index (κ2) is 1.90. The van der Waals surface area contributed by atoms with Gasteiger partial charge in [0.25, 0.3) is 0 Å². The summed E-state index contributed by atoms with van der Waals surface area (Å²) in [6.45, 7) is 3.75. The molecule has 24 valence electrons. The topological polar surface area (TPSA) is 0 Å². The van der Waals surface area contributed by atoms with E-state index in [4.69, 9.17) is 0 Å². The Morgan fingerprint density at radius 2 is 1.60 bits per heavy atom. The third kappa shape index (κ3) is 2.40. The van der Waals surface area contributed by atoms with Crippen LogP contribution in [-0.4, -0.2) is 0 Å². The van der Waals surface area contributed by atoms with Gasteiger partial charge in [0.1, 0.15) is 0 Å². The minimum atomic E-state index is 0. The van der Waals surface area contributed by atoms with Gasteiger partial charge in [-0.25, -0.2) is 0 Å². The molecule has 0 aromatic heterocycles. The van der Waals surface area contributed by atoms with Crippen LogP contribution in [0.15, 0.2) is 0 Å². The van der Waals surface area contributed by atoms with Crippen LogP contribution < -0.4 is 18.9 Å². The molecule has 5 heavy (non-hydrogen) atoms. The molecular weight excluding hydrogens is 55.0 g/mol. The van der Waals surface area contributed by atoms with E-state index in [-0.39, 0.29) is 18.9 Å². The average molecular weight is 62.0 g/mol. The molecule has 0 amide bonds. The van der Waals surface area contributed by atoms with Gasteiger partial charge < -0.3 is 6.92 Å². The molecule has 1 rings (SSSR count). The van der Waals surface area contributed by atoms with E-state index in [0.717, 1.165) is 5.92 Å². The molecule has 0 atom stereocenters. The van der Waals surface area contributed by atoms with Crippen molar-refractivity contribution in [1.29, 1.82) is 0 Å². The maximum Gasteiger partial charge on any atom is 1.00 e. The van der Waals surface area contributed by atoms with Crippen LogP contribution in [0.4, 0.5) is 0 Å². The first kappa shape index (κ1) is 5.60. The van der Waals surface area contributed by atoms with E-state index in [2.05, 4.69) is 6.92 Å². The van der Waals surface area contributed by atoms with E-state index in [1.54, 1.807) is 0 Å². The van der Waals surface area contributed by atoms with E-state index in [1.165, 1.54) is 12.8 Å². The Morgan fingerprint density at radius 3 is 1.60 bits per heavy atom. The van der Waals surface area contributed by atoms with Crippen molar-refractivity contribution in [3.8, 4) is 0 Å². The van der Waals surface area contributed by atoms with Gasteiger partial charge in [0.05, 0.1) is 0 Å². The summed E-state index contributed by atoms with van der Waals surface area (Å²) in [5, 5.41) is 0. The van der Waals surface area contributed by atoms with Crippen molar-refractivity contribution < 1.29 is 18.9 Å². The monoisotopic (exact) mass is 62.1 g/mol. The van der Waals surface area contributed by atoms with Crippen molar-refractivity contribution in [2.75, 3.05) is 0 Å². The summed E-state index contributed by atoms with van der Waals surface area (Å²) in [5.74, 6) is 0.833. The first-order chi connectivity index (χ1) is 1.89. The Morgan fingerprint density at radius 1 is 1.40 bits per heavy atom. The first-order valence-corrected chi connectivity index (χ1v) is 1.72. The Kier molecular flexibility index (Phi) is 2.13. The SMILES string of the molecule is [CH2-]C1CC1.[Li+]. The number of hydrogen-bond acceptors (Lipinski definition) is 0. The molecule has 0 aliphatic heterocycles. The zero-order chi connectivity index (χ0) is 2.99. The van der Waals surface area contributed by atoms with E-state index < -0.39 is 0 Å². The van der Waals surface area contributed by atoms with Crippen LogP contribution in [0.5, 0.6) is 0 Å². The number of rotatable bonds is 0. The molecule has 1 aliphatic rings. The van der Waals surface area contributed by atoms with Crippen molar-refractivity contribution in [2.45, 2.75) is 12.8 Å². The minimum Gasteiger partial charge on any atom is -0.340 e. The quantitative estimate of drug-likeness (QED) is 0.230. The zero-order valence-corrected chi connectivity index (χ0v) is 3.70. The minimum absolute atomic E-state index is 0. The Bertz CT molecular complexity index is 22.8. The van der Waals surface area contributed by atoms with Crippen LogP contribution in [0.2, 0.25) is 0 Å². The molecule has 1 heteroatoms. The first-order valence-electron chi connectivity index (χ1n) is 1.72. The fourth-order valence-corrected chi connectivity index (χ4v) is 0.118. The molecule has 1 aliphatic carbocycles. The van der Waals surface area contributed by atoms with Crippen LogP contribution in [-0.2, 0) is 0 Å². The van der Waals surface area contributed by atoms with Gasteiger partial charge in [-0.1, -0.05) is 12.8 Å². The van der Waals surface area contributed by atoms with E-state index in [1.807, 2.05) is 0 Å². The van der Waals surface area contributed by atoms with Crippen molar-refractivity contribution in [1.82, 2.24) is 0 Å². The van der Waals surface area contributed by atoms with Gasteiger partial charge in [-0.3, -0.25) is 0 Å². The van der Waals surface area contributed by atoms with Gasteiger partial charge in [0.15, 0.2) is 0 Å². The summed E-state index contributed by atoms with van der Waals surface area (Å²) >= 11 is 0. The molecule has 1 fully saturated rings. The fourth-order valence-electron chi connectivity index (χ4n) is 0.118. The van der Waals surface area contributed by atoms with Gasteiger partial charge in [0.2, 0.25) is 0 Å². The molecule has 0 N–H and O–H groups in total. The van der Waals surface area contributed by atoms with Crippen LogP contribution in [0.1, 0.15) is 12.8 Å². The smallest absolute Gasteiger partial charge is 0.340 e. The molecular formula is C4H7Li. The normalized spacial score (nSPS) is 21.0. The van der Waals surface area contributed by atoms with Crippen LogP contribution >= 0.6 is 0 Å². The Labute approximate surface area is 45.1 Å². The van der Waals surface area contributed by atoms with Crippen LogP contribution in [0, 0.1) is 12.8 Å². The van der Waals surface area contributed by atoms with E-state index in [0.29, 0.717) is 0 Å². The molecule has 1 saturated carbocycles. The van der Waals surface area contributed by atoms with Crippen molar-refractivity contribution in [3.05, 3.63) is 6.92 Å². The van der Waals surface area contributed by atoms with E-state index in [9.17, 15) is 0 Å². The predicted molar refractivity (Wildman–Crippen MR) is 18.1 cm³/mol. The summed E-state index contributed by atoms with van der Waals surface area (Å²) in [7, 11) is 0. The summed E-state index contributed by atoms with van der Waals surface area (Å²) in [5.41, 5.74) is 0. The molecule has 0 aromatic carbocycles. The van der Waals surface area contributed by atoms with Crippen LogP contribution in [0.3, 0.4) is 0 Å². The molecule has 0 unspecified atom stereocenters. The largest absolute Gasteiger partial charge is 1.00 e. The maximum atomic E-state index is 3.75. The third-order valence-corrected chi connectivity index (χ3v) is 0.697. The summed E-state index contributed by atoms with van der Waals surface area (Å²) < 4.78 is 0. The predicted octanol–water partition coefficient (Wildman–Crippen LogP) is -1.77. The zero-order valence-electron chi connectivity index (χ0n) is 3.70. The second-order valence-corrected chi connectivity index (χ2v) is 1.44. The van der Waals surface area contributed by atoms with Gasteiger partial charge >= 0.3 is 18.9 Å². The molecule has 0 spiro atoms.